The lowest BCUT2D eigenvalue weighted by molar-refractivity contribution is 0.0579. The van der Waals surface area contributed by atoms with Crippen LogP contribution in [0.25, 0.3) is 0 Å². The molecule has 4 nitrogen and oxygen atoms in total. The van der Waals surface area contributed by atoms with E-state index in [1.54, 1.807) is 18.3 Å². The van der Waals surface area contributed by atoms with Gasteiger partial charge in [-0.2, -0.15) is 0 Å². The van der Waals surface area contributed by atoms with Crippen LogP contribution in [0, 0.1) is 0 Å². The number of rotatable bonds is 3. The molecule has 104 valence electrons. The third-order valence-corrected chi connectivity index (χ3v) is 4.01. The van der Waals surface area contributed by atoms with Crippen LogP contribution in [0.3, 0.4) is 0 Å². The maximum atomic E-state index is 12.3. The summed E-state index contributed by atoms with van der Waals surface area (Å²) in [7, 11) is 0. The Morgan fingerprint density at radius 3 is 2.58 bits per heavy atom. The van der Waals surface area contributed by atoms with Crippen LogP contribution in [0.1, 0.15) is 30.6 Å². The summed E-state index contributed by atoms with van der Waals surface area (Å²) in [6.45, 7) is 7.89. The monoisotopic (exact) mass is 281 g/mol. The number of piperazine rings is 1. The van der Waals surface area contributed by atoms with Crippen LogP contribution in [0.15, 0.2) is 18.3 Å². The molecule has 0 saturated carbocycles. The maximum absolute atomic E-state index is 12.3. The minimum absolute atomic E-state index is 0.0490. The van der Waals surface area contributed by atoms with Crippen LogP contribution in [-0.2, 0) is 0 Å². The van der Waals surface area contributed by atoms with Crippen LogP contribution in [0.2, 0.25) is 5.15 Å². The molecule has 2 rings (SSSR count). The van der Waals surface area contributed by atoms with Crippen LogP contribution in [0.5, 0.6) is 0 Å². The molecular weight excluding hydrogens is 262 g/mol. The Kier molecular flexibility index (Phi) is 4.77. The molecule has 1 aromatic heterocycles. The first kappa shape index (κ1) is 14.3. The molecule has 1 amide bonds. The van der Waals surface area contributed by atoms with Gasteiger partial charge in [0, 0.05) is 38.4 Å². The van der Waals surface area contributed by atoms with Gasteiger partial charge in [-0.3, -0.25) is 9.69 Å². The van der Waals surface area contributed by atoms with Gasteiger partial charge in [0.05, 0.1) is 5.56 Å². The predicted molar refractivity (Wildman–Crippen MR) is 76.5 cm³/mol. The third-order valence-electron chi connectivity index (χ3n) is 3.79. The Morgan fingerprint density at radius 2 is 2.05 bits per heavy atom. The molecule has 1 saturated heterocycles. The van der Waals surface area contributed by atoms with Gasteiger partial charge in [0.15, 0.2) is 0 Å². The van der Waals surface area contributed by atoms with E-state index < -0.39 is 0 Å². The molecule has 1 aromatic rings. The summed E-state index contributed by atoms with van der Waals surface area (Å²) in [4.78, 5) is 20.6. The van der Waals surface area contributed by atoms with Crippen molar-refractivity contribution in [3.8, 4) is 0 Å². The minimum Gasteiger partial charge on any atom is -0.336 e. The van der Waals surface area contributed by atoms with E-state index in [-0.39, 0.29) is 5.91 Å². The number of hydrogen-bond acceptors (Lipinski definition) is 3. The van der Waals surface area contributed by atoms with Gasteiger partial charge < -0.3 is 4.90 Å². The highest BCUT2D eigenvalue weighted by atomic mass is 35.5. The molecule has 1 aliphatic heterocycles. The summed E-state index contributed by atoms with van der Waals surface area (Å²) in [5.74, 6) is 0.0490. The topological polar surface area (TPSA) is 36.4 Å². The molecule has 0 spiro atoms. The van der Waals surface area contributed by atoms with Gasteiger partial charge in [-0.1, -0.05) is 18.5 Å². The molecule has 1 aliphatic rings. The molecule has 2 heterocycles. The highest BCUT2D eigenvalue weighted by molar-refractivity contribution is 6.29. The van der Waals surface area contributed by atoms with Crippen LogP contribution >= 0.6 is 11.6 Å². The van der Waals surface area contributed by atoms with Crippen molar-refractivity contribution < 1.29 is 4.79 Å². The normalized spacial score (nSPS) is 18.4. The highest BCUT2D eigenvalue weighted by Gasteiger charge is 2.24. The van der Waals surface area contributed by atoms with E-state index in [1.165, 1.54) is 0 Å². The fourth-order valence-electron chi connectivity index (χ4n) is 2.31. The lowest BCUT2D eigenvalue weighted by atomic mass is 10.1. The first-order chi connectivity index (χ1) is 9.11. The highest BCUT2D eigenvalue weighted by Crippen LogP contribution is 2.12. The van der Waals surface area contributed by atoms with E-state index in [0.717, 1.165) is 32.6 Å². The fourth-order valence-corrected chi connectivity index (χ4v) is 2.42. The predicted octanol–water partition coefficient (Wildman–Crippen LogP) is 2.29. The Labute approximate surface area is 119 Å². The Bertz CT molecular complexity index is 427. The quantitative estimate of drug-likeness (QED) is 0.798. The zero-order chi connectivity index (χ0) is 13.8. The lowest BCUT2D eigenvalue weighted by Crippen LogP contribution is -2.51. The first-order valence-corrected chi connectivity index (χ1v) is 7.14. The summed E-state index contributed by atoms with van der Waals surface area (Å²) in [5, 5.41) is 0.415. The van der Waals surface area contributed by atoms with Gasteiger partial charge in [-0.15, -0.1) is 0 Å². The van der Waals surface area contributed by atoms with Gasteiger partial charge in [0.25, 0.3) is 5.91 Å². The van der Waals surface area contributed by atoms with E-state index in [1.807, 2.05) is 4.90 Å². The number of carbonyl (C=O) groups is 1. The Hall–Kier alpha value is -1.13. The molecule has 1 fully saturated rings. The van der Waals surface area contributed by atoms with Crippen molar-refractivity contribution in [1.29, 1.82) is 0 Å². The Balaban J connectivity index is 1.94. The Morgan fingerprint density at radius 1 is 1.37 bits per heavy atom. The SMILES string of the molecule is CCC(C)N1CCN(C(=O)c2ccc(Cl)nc2)CC1. The molecule has 0 N–H and O–H groups in total. The molecule has 0 aliphatic carbocycles. The summed E-state index contributed by atoms with van der Waals surface area (Å²) < 4.78 is 0. The van der Waals surface area contributed by atoms with E-state index in [0.29, 0.717) is 16.8 Å². The van der Waals surface area contributed by atoms with Gasteiger partial charge in [-0.25, -0.2) is 4.98 Å². The van der Waals surface area contributed by atoms with Gasteiger partial charge in [0.1, 0.15) is 5.15 Å². The number of hydrogen-bond donors (Lipinski definition) is 0. The number of carbonyl (C=O) groups excluding carboxylic acids is 1. The molecule has 0 bridgehead atoms. The third kappa shape index (κ3) is 3.45. The van der Waals surface area contributed by atoms with Gasteiger partial charge in [-0.05, 0) is 25.5 Å². The van der Waals surface area contributed by atoms with E-state index in [2.05, 4.69) is 23.7 Å². The zero-order valence-electron chi connectivity index (χ0n) is 11.5. The van der Waals surface area contributed by atoms with Crippen molar-refractivity contribution in [2.45, 2.75) is 26.3 Å². The maximum Gasteiger partial charge on any atom is 0.255 e. The molecule has 5 heteroatoms. The van der Waals surface area contributed by atoms with Crippen LogP contribution in [-0.4, -0.2) is 52.9 Å². The standard InChI is InChI=1S/C14H20ClN3O/c1-3-11(2)17-6-8-18(9-7-17)14(19)12-4-5-13(15)16-10-12/h4-5,10-11H,3,6-9H2,1-2H3. The van der Waals surface area contributed by atoms with E-state index in [4.69, 9.17) is 11.6 Å². The second-order valence-corrected chi connectivity index (χ2v) is 5.34. The number of pyridine rings is 1. The fraction of sp³-hybridized carbons (Fsp3) is 0.571. The van der Waals surface area contributed by atoms with Crippen LogP contribution < -0.4 is 0 Å². The second kappa shape index (κ2) is 6.35. The van der Waals surface area contributed by atoms with E-state index in [9.17, 15) is 4.79 Å². The molecular formula is C14H20ClN3O. The first-order valence-electron chi connectivity index (χ1n) is 6.76. The minimum atomic E-state index is 0.0490. The number of halogens is 1. The summed E-state index contributed by atoms with van der Waals surface area (Å²) in [5.41, 5.74) is 0.612. The molecule has 1 unspecified atom stereocenters. The van der Waals surface area contributed by atoms with Crippen molar-refractivity contribution in [3.05, 3.63) is 29.0 Å². The summed E-state index contributed by atoms with van der Waals surface area (Å²) >= 11 is 5.73. The average molecular weight is 282 g/mol. The second-order valence-electron chi connectivity index (χ2n) is 4.96. The van der Waals surface area contributed by atoms with Crippen molar-refractivity contribution in [3.63, 3.8) is 0 Å². The summed E-state index contributed by atoms with van der Waals surface area (Å²) in [6, 6.07) is 3.98. The van der Waals surface area contributed by atoms with Crippen molar-refractivity contribution in [2.24, 2.45) is 0 Å². The van der Waals surface area contributed by atoms with Crippen LogP contribution in [0.4, 0.5) is 0 Å². The van der Waals surface area contributed by atoms with Gasteiger partial charge >= 0.3 is 0 Å². The van der Waals surface area contributed by atoms with Crippen molar-refractivity contribution >= 4 is 17.5 Å². The smallest absolute Gasteiger partial charge is 0.255 e. The van der Waals surface area contributed by atoms with Crippen molar-refractivity contribution in [2.75, 3.05) is 26.2 Å². The molecule has 1 atom stereocenters. The average Bonchev–Trinajstić information content (AvgIpc) is 2.46. The lowest BCUT2D eigenvalue weighted by Gasteiger charge is -2.37. The van der Waals surface area contributed by atoms with E-state index >= 15 is 0 Å². The number of amides is 1. The zero-order valence-corrected chi connectivity index (χ0v) is 12.2. The molecule has 19 heavy (non-hydrogen) atoms. The molecule has 0 aromatic carbocycles. The largest absolute Gasteiger partial charge is 0.336 e. The number of aromatic nitrogens is 1. The molecule has 0 radical (unpaired) electrons. The van der Waals surface area contributed by atoms with Crippen molar-refractivity contribution in [1.82, 2.24) is 14.8 Å². The summed E-state index contributed by atoms with van der Waals surface area (Å²) in [6.07, 6.45) is 2.70. The van der Waals surface area contributed by atoms with Gasteiger partial charge in [0.2, 0.25) is 0 Å². The number of nitrogens with zero attached hydrogens (tertiary/aromatic N) is 3.